The first-order valence-corrected chi connectivity index (χ1v) is 9.11. The largest absolute Gasteiger partial charge is 0.376 e. The molecular weight excluding hydrogens is 356 g/mol. The Morgan fingerprint density at radius 2 is 1.75 bits per heavy atom. The van der Waals surface area contributed by atoms with E-state index in [1.54, 1.807) is 35.6 Å². The molecule has 0 radical (unpaired) electrons. The maximum Gasteiger partial charge on any atom is 0.328 e. The zero-order valence-electron chi connectivity index (χ0n) is 16.9. The maximum atomic E-state index is 12.6. The van der Waals surface area contributed by atoms with Gasteiger partial charge in [-0.2, -0.15) is 0 Å². The molecule has 2 N–H and O–H groups in total. The minimum atomic E-state index is -0.287. The number of benzene rings is 1. The summed E-state index contributed by atoms with van der Waals surface area (Å²) in [5, 5.41) is 5.89. The molecule has 3 rings (SSSR count). The highest BCUT2D eigenvalue weighted by atomic mass is 16.2. The molecule has 0 saturated carbocycles. The van der Waals surface area contributed by atoms with Crippen LogP contribution in [-0.2, 0) is 20.5 Å². The van der Waals surface area contributed by atoms with Gasteiger partial charge in [-0.15, -0.1) is 0 Å². The molecule has 1 unspecified atom stereocenters. The molecule has 0 fully saturated rings. The molecule has 0 saturated heterocycles. The molecule has 0 aliphatic carbocycles. The summed E-state index contributed by atoms with van der Waals surface area (Å²) < 4.78 is 3.17. The van der Waals surface area contributed by atoms with Crippen molar-refractivity contribution in [2.75, 3.05) is 24.3 Å². The number of rotatable bonds is 5. The summed E-state index contributed by atoms with van der Waals surface area (Å²) in [5.41, 5.74) is 4.05. The van der Waals surface area contributed by atoms with Crippen LogP contribution in [-0.4, -0.2) is 40.3 Å². The van der Waals surface area contributed by atoms with Crippen LogP contribution in [0.25, 0.3) is 11.0 Å². The monoisotopic (exact) mass is 382 g/mol. The van der Waals surface area contributed by atoms with E-state index < -0.39 is 0 Å². The lowest BCUT2D eigenvalue weighted by Gasteiger charge is -2.20. The third-order valence-electron chi connectivity index (χ3n) is 4.79. The van der Waals surface area contributed by atoms with Gasteiger partial charge < -0.3 is 15.5 Å². The first kappa shape index (κ1) is 19.5. The van der Waals surface area contributed by atoms with E-state index in [2.05, 4.69) is 15.6 Å². The Bertz CT molecular complexity index is 1050. The number of fused-ring (bicyclic) bond motifs is 1. The van der Waals surface area contributed by atoms with E-state index in [1.807, 2.05) is 50.2 Å². The number of hydrogen-bond donors (Lipinski definition) is 2. The van der Waals surface area contributed by atoms with Gasteiger partial charge >= 0.3 is 11.7 Å². The second kappa shape index (κ2) is 7.75. The van der Waals surface area contributed by atoms with Gasteiger partial charge in [0.25, 0.3) is 0 Å². The summed E-state index contributed by atoms with van der Waals surface area (Å²) in [7, 11) is 7.26. The molecule has 0 aliphatic rings. The predicted molar refractivity (Wildman–Crippen MR) is 112 cm³/mol. The number of carbonyl (C=O) groups excluding carboxylic acids is 1. The van der Waals surface area contributed by atoms with E-state index >= 15 is 0 Å². The fraction of sp³-hybridized carbons (Fsp3) is 0.350. The van der Waals surface area contributed by atoms with Gasteiger partial charge in [-0.1, -0.05) is 0 Å². The van der Waals surface area contributed by atoms with Crippen LogP contribution < -0.4 is 21.2 Å². The minimum Gasteiger partial charge on any atom is -0.376 e. The van der Waals surface area contributed by atoms with Crippen LogP contribution in [0.1, 0.15) is 12.5 Å². The summed E-state index contributed by atoms with van der Waals surface area (Å²) in [6.07, 6.45) is 4.19. The highest BCUT2D eigenvalue weighted by Gasteiger charge is 2.16. The second-order valence-electron chi connectivity index (χ2n) is 7.21. The number of nitrogens with zero attached hydrogens (tertiary/aromatic N) is 4. The third-order valence-corrected chi connectivity index (χ3v) is 4.79. The van der Waals surface area contributed by atoms with Gasteiger partial charge in [-0.05, 0) is 43.2 Å². The smallest absolute Gasteiger partial charge is 0.328 e. The molecule has 0 spiro atoms. The first-order chi connectivity index (χ1) is 13.3. The van der Waals surface area contributed by atoms with Crippen LogP contribution in [0.2, 0.25) is 0 Å². The number of imidazole rings is 1. The van der Waals surface area contributed by atoms with Gasteiger partial charge in [0, 0.05) is 46.6 Å². The molecule has 1 aromatic carbocycles. The number of amides is 2. The predicted octanol–water partition coefficient (Wildman–Crippen LogP) is 2.09. The maximum absolute atomic E-state index is 12.6. The fourth-order valence-electron chi connectivity index (χ4n) is 3.31. The number of anilines is 2. The van der Waals surface area contributed by atoms with Gasteiger partial charge in [0.1, 0.15) is 0 Å². The first-order valence-electron chi connectivity index (χ1n) is 9.11. The zero-order chi connectivity index (χ0) is 20.4. The van der Waals surface area contributed by atoms with Crippen LogP contribution in [0.4, 0.5) is 16.2 Å². The van der Waals surface area contributed by atoms with Crippen LogP contribution in [0.3, 0.4) is 0 Å². The Labute approximate surface area is 163 Å². The highest BCUT2D eigenvalue weighted by Crippen LogP contribution is 2.29. The number of aryl methyl sites for hydroxylation is 2. The number of aromatic nitrogens is 3. The van der Waals surface area contributed by atoms with E-state index in [4.69, 9.17) is 0 Å². The van der Waals surface area contributed by atoms with Crippen molar-refractivity contribution in [3.05, 3.63) is 52.7 Å². The zero-order valence-corrected chi connectivity index (χ0v) is 16.9. The van der Waals surface area contributed by atoms with Crippen molar-refractivity contribution in [3.8, 4) is 0 Å². The van der Waals surface area contributed by atoms with E-state index in [-0.39, 0.29) is 17.8 Å². The lowest BCUT2D eigenvalue weighted by Crippen LogP contribution is -2.37. The van der Waals surface area contributed by atoms with Crippen LogP contribution in [0, 0.1) is 0 Å². The summed E-state index contributed by atoms with van der Waals surface area (Å²) in [5.74, 6) is 0. The molecule has 3 aromatic rings. The van der Waals surface area contributed by atoms with E-state index in [0.29, 0.717) is 12.1 Å². The number of carbonyl (C=O) groups is 1. The van der Waals surface area contributed by atoms with Crippen molar-refractivity contribution in [2.45, 2.75) is 19.4 Å². The standard InChI is InChI=1S/C20H26N6O2/c1-13(10-14-6-8-21-9-7-14)22-19(27)23-15-11-17-18(12-16(15)24(2)3)26(5)20(28)25(17)4/h6-9,11-13H,10H2,1-5H3,(H2,22,23,27). The van der Waals surface area contributed by atoms with Crippen LogP contribution in [0.5, 0.6) is 0 Å². The van der Waals surface area contributed by atoms with Crippen molar-refractivity contribution >= 4 is 28.4 Å². The minimum absolute atomic E-state index is 0.0463. The van der Waals surface area contributed by atoms with Crippen molar-refractivity contribution in [1.29, 1.82) is 0 Å². The molecule has 148 valence electrons. The van der Waals surface area contributed by atoms with E-state index in [9.17, 15) is 9.59 Å². The van der Waals surface area contributed by atoms with Gasteiger partial charge in [-0.3, -0.25) is 14.1 Å². The Balaban J connectivity index is 1.82. The van der Waals surface area contributed by atoms with Gasteiger partial charge in [0.2, 0.25) is 0 Å². The summed E-state index contributed by atoms with van der Waals surface area (Å²) in [4.78, 5) is 30.7. The summed E-state index contributed by atoms with van der Waals surface area (Å²) >= 11 is 0. The number of hydrogen-bond acceptors (Lipinski definition) is 4. The average molecular weight is 382 g/mol. The van der Waals surface area contributed by atoms with Crippen molar-refractivity contribution < 1.29 is 4.79 Å². The van der Waals surface area contributed by atoms with Crippen molar-refractivity contribution in [2.24, 2.45) is 14.1 Å². The van der Waals surface area contributed by atoms with Gasteiger partial charge in [0.15, 0.2) is 0 Å². The second-order valence-corrected chi connectivity index (χ2v) is 7.21. The summed E-state index contributed by atoms with van der Waals surface area (Å²) in [6, 6.07) is 7.28. The quantitative estimate of drug-likeness (QED) is 0.708. The lowest BCUT2D eigenvalue weighted by atomic mass is 10.1. The Morgan fingerprint density at radius 3 is 2.36 bits per heavy atom. The van der Waals surface area contributed by atoms with Crippen molar-refractivity contribution in [1.82, 2.24) is 19.4 Å². The van der Waals surface area contributed by atoms with E-state index in [0.717, 1.165) is 22.3 Å². The van der Waals surface area contributed by atoms with Gasteiger partial charge in [0.05, 0.1) is 22.4 Å². The molecule has 0 aliphatic heterocycles. The Hall–Kier alpha value is -3.29. The highest BCUT2D eigenvalue weighted by molar-refractivity contribution is 5.97. The number of nitrogens with one attached hydrogen (secondary N) is 2. The normalized spacial score (nSPS) is 12.0. The number of urea groups is 1. The van der Waals surface area contributed by atoms with Crippen LogP contribution >= 0.6 is 0 Å². The number of pyridine rings is 1. The topological polar surface area (TPSA) is 84.2 Å². The SMILES string of the molecule is CC(Cc1ccncc1)NC(=O)Nc1cc2c(cc1N(C)C)n(C)c(=O)n2C. The Kier molecular flexibility index (Phi) is 5.39. The van der Waals surface area contributed by atoms with Crippen molar-refractivity contribution in [3.63, 3.8) is 0 Å². The molecule has 2 amide bonds. The molecule has 2 heterocycles. The molecule has 8 nitrogen and oxygen atoms in total. The molecule has 28 heavy (non-hydrogen) atoms. The molecule has 0 bridgehead atoms. The molecule has 2 aromatic heterocycles. The average Bonchev–Trinajstić information content (AvgIpc) is 2.85. The van der Waals surface area contributed by atoms with Crippen LogP contribution in [0.15, 0.2) is 41.5 Å². The molecular formula is C20H26N6O2. The molecule has 1 atom stereocenters. The summed E-state index contributed by atoms with van der Waals surface area (Å²) in [6.45, 7) is 1.96. The fourth-order valence-corrected chi connectivity index (χ4v) is 3.31. The lowest BCUT2D eigenvalue weighted by molar-refractivity contribution is 0.249. The third kappa shape index (κ3) is 3.85. The van der Waals surface area contributed by atoms with Gasteiger partial charge in [-0.25, -0.2) is 9.59 Å². The molecule has 8 heteroatoms. The Morgan fingerprint density at radius 1 is 1.14 bits per heavy atom. The van der Waals surface area contributed by atoms with E-state index in [1.165, 1.54) is 0 Å².